The Morgan fingerprint density at radius 3 is 2.69 bits per heavy atom. The molecule has 2 nitrogen and oxygen atoms in total. The van der Waals surface area contributed by atoms with E-state index in [0.717, 1.165) is 19.5 Å². The van der Waals surface area contributed by atoms with Crippen LogP contribution in [0.2, 0.25) is 0 Å². The molecule has 1 heterocycles. The monoisotopic (exact) mass is 222 g/mol. The third kappa shape index (κ3) is 4.15. The second kappa shape index (κ2) is 6.93. The summed E-state index contributed by atoms with van der Waals surface area (Å²) in [6.07, 6.45) is 9.29. The highest BCUT2D eigenvalue weighted by Gasteiger charge is 2.22. The first kappa shape index (κ1) is 13.5. The predicted molar refractivity (Wildman–Crippen MR) is 70.3 cm³/mol. The van der Waals surface area contributed by atoms with Gasteiger partial charge in [-0.2, -0.15) is 0 Å². The minimum absolute atomic E-state index is 0.310. The van der Waals surface area contributed by atoms with Crippen molar-refractivity contribution in [2.75, 3.05) is 19.6 Å². The van der Waals surface area contributed by atoms with Crippen molar-refractivity contribution in [3.63, 3.8) is 0 Å². The molecule has 0 radical (unpaired) electrons. The molecule has 2 unspecified atom stereocenters. The van der Waals surface area contributed by atoms with Crippen molar-refractivity contribution in [3.05, 3.63) is 0 Å². The Bertz CT molecular complexity index is 223. The lowest BCUT2D eigenvalue weighted by Crippen LogP contribution is -2.44. The van der Waals surface area contributed by atoms with Crippen LogP contribution in [0.4, 0.5) is 0 Å². The van der Waals surface area contributed by atoms with Crippen molar-refractivity contribution in [3.8, 4) is 12.3 Å². The van der Waals surface area contributed by atoms with Crippen molar-refractivity contribution in [1.82, 2.24) is 10.2 Å². The zero-order valence-corrected chi connectivity index (χ0v) is 11.0. The minimum atomic E-state index is 0.310. The maximum Gasteiger partial charge on any atom is 0.0709 e. The Kier molecular flexibility index (Phi) is 5.87. The average molecular weight is 222 g/mol. The van der Waals surface area contributed by atoms with Crippen LogP contribution in [0.3, 0.4) is 0 Å². The van der Waals surface area contributed by atoms with Gasteiger partial charge in [0.15, 0.2) is 0 Å². The molecule has 16 heavy (non-hydrogen) atoms. The van der Waals surface area contributed by atoms with Crippen molar-refractivity contribution < 1.29 is 0 Å². The molecule has 0 aromatic rings. The van der Waals surface area contributed by atoms with Gasteiger partial charge in [0.25, 0.3) is 0 Å². The van der Waals surface area contributed by atoms with E-state index in [1.807, 2.05) is 0 Å². The van der Waals surface area contributed by atoms with E-state index in [1.165, 1.54) is 19.4 Å². The molecule has 1 aliphatic heterocycles. The van der Waals surface area contributed by atoms with E-state index in [4.69, 9.17) is 6.42 Å². The molecule has 0 amide bonds. The van der Waals surface area contributed by atoms with Gasteiger partial charge >= 0.3 is 0 Å². The molecule has 0 saturated carbocycles. The normalized spacial score (nSPS) is 22.6. The van der Waals surface area contributed by atoms with E-state index in [1.54, 1.807) is 0 Å². The molecule has 0 aromatic carbocycles. The maximum absolute atomic E-state index is 5.62. The number of terminal acetylenes is 1. The quantitative estimate of drug-likeness (QED) is 0.692. The van der Waals surface area contributed by atoms with Crippen LogP contribution in [0.5, 0.6) is 0 Å². The fourth-order valence-electron chi connectivity index (χ4n) is 2.48. The number of nitrogens with zero attached hydrogens (tertiary/aromatic N) is 1. The molecule has 1 aliphatic rings. The zero-order valence-electron chi connectivity index (χ0n) is 11.0. The summed E-state index contributed by atoms with van der Waals surface area (Å²) in [7, 11) is 0. The predicted octanol–water partition coefficient (Wildman–Crippen LogP) is 2.11. The van der Waals surface area contributed by atoms with Crippen molar-refractivity contribution in [2.24, 2.45) is 5.92 Å². The van der Waals surface area contributed by atoms with Gasteiger partial charge < -0.3 is 5.32 Å². The van der Waals surface area contributed by atoms with Crippen LogP contribution in [-0.4, -0.2) is 36.6 Å². The average Bonchev–Trinajstić information content (AvgIpc) is 2.71. The second-order valence-corrected chi connectivity index (χ2v) is 5.23. The fourth-order valence-corrected chi connectivity index (χ4v) is 2.48. The Hall–Kier alpha value is -0.520. The summed E-state index contributed by atoms with van der Waals surface area (Å²) in [5, 5.41) is 3.55. The summed E-state index contributed by atoms with van der Waals surface area (Å²) in [5.41, 5.74) is 0. The van der Waals surface area contributed by atoms with Gasteiger partial charge in [0.1, 0.15) is 0 Å². The van der Waals surface area contributed by atoms with Crippen molar-refractivity contribution in [2.45, 2.75) is 52.1 Å². The molecular weight excluding hydrogens is 196 g/mol. The molecule has 92 valence electrons. The lowest BCUT2D eigenvalue weighted by atomic mass is 10.1. The van der Waals surface area contributed by atoms with Gasteiger partial charge in [0, 0.05) is 19.1 Å². The zero-order chi connectivity index (χ0) is 12.0. The highest BCUT2D eigenvalue weighted by atomic mass is 15.2. The number of hydrogen-bond acceptors (Lipinski definition) is 2. The topological polar surface area (TPSA) is 15.3 Å². The Labute approximate surface area is 101 Å². The van der Waals surface area contributed by atoms with Gasteiger partial charge in [-0.05, 0) is 31.7 Å². The molecule has 2 heteroatoms. The Balaban J connectivity index is 2.51. The highest BCUT2D eigenvalue weighted by Crippen LogP contribution is 2.12. The summed E-state index contributed by atoms with van der Waals surface area (Å²) in [6, 6.07) is 0.964. The van der Waals surface area contributed by atoms with Gasteiger partial charge in [-0.25, -0.2) is 0 Å². The molecule has 1 fully saturated rings. The minimum Gasteiger partial charge on any atom is -0.313 e. The van der Waals surface area contributed by atoms with E-state index in [0.29, 0.717) is 18.0 Å². The Morgan fingerprint density at radius 1 is 1.50 bits per heavy atom. The van der Waals surface area contributed by atoms with Crippen LogP contribution in [0.15, 0.2) is 0 Å². The molecule has 0 spiro atoms. The van der Waals surface area contributed by atoms with Gasteiger partial charge in [-0.3, -0.25) is 4.90 Å². The van der Waals surface area contributed by atoms with E-state index in [9.17, 15) is 0 Å². The molecule has 1 rings (SSSR count). The van der Waals surface area contributed by atoms with Crippen LogP contribution >= 0.6 is 0 Å². The summed E-state index contributed by atoms with van der Waals surface area (Å²) < 4.78 is 0. The van der Waals surface area contributed by atoms with E-state index in [2.05, 4.69) is 36.9 Å². The molecule has 0 bridgehead atoms. The van der Waals surface area contributed by atoms with Crippen LogP contribution in [0.1, 0.15) is 40.0 Å². The number of rotatable bonds is 6. The summed E-state index contributed by atoms with van der Waals surface area (Å²) in [4.78, 5) is 2.48. The third-order valence-corrected chi connectivity index (χ3v) is 3.24. The Morgan fingerprint density at radius 2 is 2.25 bits per heavy atom. The first-order valence-electron chi connectivity index (χ1n) is 6.61. The summed E-state index contributed by atoms with van der Waals surface area (Å²) >= 11 is 0. The van der Waals surface area contributed by atoms with E-state index < -0.39 is 0 Å². The van der Waals surface area contributed by atoms with Gasteiger partial charge in [-0.15, -0.1) is 6.42 Å². The largest absolute Gasteiger partial charge is 0.313 e. The molecular formula is C14H26N2. The second-order valence-electron chi connectivity index (χ2n) is 5.23. The maximum atomic E-state index is 5.62. The highest BCUT2D eigenvalue weighted by molar-refractivity contribution is 5.00. The van der Waals surface area contributed by atoms with E-state index in [-0.39, 0.29) is 0 Å². The molecule has 0 aromatic heterocycles. The molecule has 2 atom stereocenters. The molecule has 1 N–H and O–H groups in total. The summed E-state index contributed by atoms with van der Waals surface area (Å²) in [5.74, 6) is 3.61. The fraction of sp³-hybridized carbons (Fsp3) is 0.857. The van der Waals surface area contributed by atoms with Crippen LogP contribution in [-0.2, 0) is 0 Å². The number of nitrogens with one attached hydrogen (secondary N) is 1. The lowest BCUT2D eigenvalue weighted by Gasteiger charge is -2.31. The molecule has 0 aliphatic carbocycles. The van der Waals surface area contributed by atoms with E-state index >= 15 is 0 Å². The van der Waals surface area contributed by atoms with Crippen molar-refractivity contribution >= 4 is 0 Å². The third-order valence-electron chi connectivity index (χ3n) is 3.24. The van der Waals surface area contributed by atoms with Crippen LogP contribution in [0, 0.1) is 18.3 Å². The first-order valence-corrected chi connectivity index (χ1v) is 6.61. The van der Waals surface area contributed by atoms with Gasteiger partial charge in [0.2, 0.25) is 0 Å². The van der Waals surface area contributed by atoms with Crippen LogP contribution in [0.25, 0.3) is 0 Å². The first-order chi connectivity index (χ1) is 7.67. The van der Waals surface area contributed by atoms with Crippen molar-refractivity contribution in [1.29, 1.82) is 0 Å². The van der Waals surface area contributed by atoms with Gasteiger partial charge in [0.05, 0.1) is 6.04 Å². The lowest BCUT2D eigenvalue weighted by molar-refractivity contribution is 0.189. The van der Waals surface area contributed by atoms with Gasteiger partial charge in [-0.1, -0.05) is 26.7 Å². The van der Waals surface area contributed by atoms with Crippen LogP contribution < -0.4 is 5.32 Å². The summed E-state index contributed by atoms with van der Waals surface area (Å²) in [6.45, 7) is 10.1. The smallest absolute Gasteiger partial charge is 0.0709 e. The molecule has 1 saturated heterocycles. The SMILES string of the molecule is C#CC(CC)N(CC(C)C)CC1CCCN1. The number of hydrogen-bond donors (Lipinski definition) is 1. The standard InChI is InChI=1S/C14H26N2/c1-5-14(6-2)16(10-12(3)4)11-13-8-7-9-15-13/h1,12-15H,6-11H2,2-4H3.